The number of likely N-dealkylation sites (tertiary alicyclic amines) is 1. The van der Waals surface area contributed by atoms with Crippen molar-refractivity contribution in [1.82, 2.24) is 14.9 Å². The van der Waals surface area contributed by atoms with Crippen LogP contribution in [0.4, 0.5) is 4.79 Å². The van der Waals surface area contributed by atoms with Crippen molar-refractivity contribution in [2.24, 2.45) is 5.92 Å². The smallest absolute Gasteiger partial charge is 0.324 e. The van der Waals surface area contributed by atoms with E-state index in [4.69, 9.17) is 9.47 Å². The third-order valence-electron chi connectivity index (χ3n) is 7.47. The van der Waals surface area contributed by atoms with E-state index in [0.29, 0.717) is 12.0 Å². The molecule has 35 heavy (non-hydrogen) atoms. The van der Waals surface area contributed by atoms with E-state index in [9.17, 15) is 4.79 Å². The van der Waals surface area contributed by atoms with Crippen LogP contribution in [0.15, 0.2) is 48.5 Å². The lowest BCUT2D eigenvalue weighted by atomic mass is 9.65. The van der Waals surface area contributed by atoms with Crippen LogP contribution in [0.25, 0.3) is 0 Å². The fourth-order valence-electron chi connectivity index (χ4n) is 5.75. The maximum atomic E-state index is 12.6. The summed E-state index contributed by atoms with van der Waals surface area (Å²) in [5, 5.41) is 3.26. The van der Waals surface area contributed by atoms with E-state index < -0.39 is 0 Å². The number of carbonyl (C=O) groups excluding carboxylic acids is 1. The zero-order valence-corrected chi connectivity index (χ0v) is 22.2. The number of carbonyl (C=O) groups is 1. The Morgan fingerprint density at radius 3 is 2.60 bits per heavy atom. The van der Waals surface area contributed by atoms with Gasteiger partial charge in [-0.25, -0.2) is 4.79 Å². The van der Waals surface area contributed by atoms with E-state index >= 15 is 0 Å². The summed E-state index contributed by atoms with van der Waals surface area (Å²) < 4.78 is 14.1. The number of hydrogen-bond donors (Lipinski definition) is 2. The summed E-state index contributed by atoms with van der Waals surface area (Å²) in [6, 6.07) is 17.5. The van der Waals surface area contributed by atoms with Crippen molar-refractivity contribution < 1.29 is 14.3 Å². The van der Waals surface area contributed by atoms with Gasteiger partial charge in [-0.3, -0.25) is 9.62 Å². The van der Waals surface area contributed by atoms with Crippen molar-refractivity contribution in [3.63, 3.8) is 0 Å². The fraction of sp³-hybridized carbons (Fsp3) is 0.536. The first kappa shape index (κ1) is 25.7. The van der Waals surface area contributed by atoms with E-state index in [1.165, 1.54) is 23.1 Å². The van der Waals surface area contributed by atoms with Gasteiger partial charge in [0.2, 0.25) is 0 Å². The molecule has 3 unspecified atom stereocenters. The number of fused-ring (bicyclic) bond motifs is 1. The molecule has 2 aromatic carbocycles. The number of hydrogen-bond acceptors (Lipinski definition) is 5. The van der Waals surface area contributed by atoms with Gasteiger partial charge in [0.25, 0.3) is 0 Å². The van der Waals surface area contributed by atoms with Gasteiger partial charge in [-0.05, 0) is 73.4 Å². The minimum absolute atomic E-state index is 0.0371. The summed E-state index contributed by atoms with van der Waals surface area (Å²) >= 11 is 1.49. The molecule has 4 rings (SSSR count). The van der Waals surface area contributed by atoms with Crippen molar-refractivity contribution in [2.75, 3.05) is 26.5 Å². The first-order valence-corrected chi connectivity index (χ1v) is 13.6. The van der Waals surface area contributed by atoms with E-state index in [0.717, 1.165) is 56.0 Å². The van der Waals surface area contributed by atoms with Crippen LogP contribution in [0.5, 0.6) is 11.5 Å². The van der Waals surface area contributed by atoms with E-state index in [-0.39, 0.29) is 17.5 Å². The Morgan fingerprint density at radius 1 is 1.11 bits per heavy atom. The molecule has 2 amide bonds. The molecule has 2 fully saturated rings. The van der Waals surface area contributed by atoms with Gasteiger partial charge in [-0.15, -0.1) is 0 Å². The highest BCUT2D eigenvalue weighted by molar-refractivity contribution is 7.97. The number of methoxy groups -OCH3 is 2. The van der Waals surface area contributed by atoms with E-state index in [1.807, 2.05) is 6.07 Å². The van der Waals surface area contributed by atoms with Crippen molar-refractivity contribution >= 4 is 18.0 Å². The third kappa shape index (κ3) is 5.89. The second kappa shape index (κ2) is 11.6. The highest BCUT2D eigenvalue weighted by Gasteiger charge is 2.51. The normalized spacial score (nSPS) is 24.1. The van der Waals surface area contributed by atoms with Crippen LogP contribution in [-0.4, -0.2) is 49.5 Å². The summed E-state index contributed by atoms with van der Waals surface area (Å²) in [4.78, 5) is 15.2. The number of benzene rings is 2. The molecule has 0 radical (unpaired) electrons. The zero-order valence-electron chi connectivity index (χ0n) is 21.4. The Morgan fingerprint density at radius 2 is 1.89 bits per heavy atom. The molecule has 1 aliphatic carbocycles. The van der Waals surface area contributed by atoms with Gasteiger partial charge in [0.15, 0.2) is 11.5 Å². The molecule has 1 heterocycles. The van der Waals surface area contributed by atoms with Gasteiger partial charge in [-0.2, -0.15) is 0 Å². The summed E-state index contributed by atoms with van der Waals surface area (Å²) in [5.74, 6) is 2.99. The lowest BCUT2D eigenvalue weighted by molar-refractivity contribution is 0.130. The maximum absolute atomic E-state index is 12.6. The van der Waals surface area contributed by atoms with E-state index in [2.05, 4.69) is 71.3 Å². The number of nitrogens with one attached hydrogen (secondary N) is 2. The third-order valence-corrected chi connectivity index (χ3v) is 8.64. The van der Waals surface area contributed by atoms with Gasteiger partial charge >= 0.3 is 6.03 Å². The van der Waals surface area contributed by atoms with Gasteiger partial charge < -0.3 is 14.8 Å². The Balaban J connectivity index is 1.55. The minimum Gasteiger partial charge on any atom is -0.493 e. The second-order valence-corrected chi connectivity index (χ2v) is 11.0. The Bertz CT molecular complexity index is 987. The lowest BCUT2D eigenvalue weighted by Crippen LogP contribution is -2.53. The number of ether oxygens (including phenoxy) is 2. The van der Waals surface area contributed by atoms with Crippen molar-refractivity contribution in [3.8, 4) is 11.5 Å². The lowest BCUT2D eigenvalue weighted by Gasteiger charge is -2.45. The number of nitrogens with zero attached hydrogens (tertiary/aromatic N) is 1. The average molecular weight is 498 g/mol. The molecule has 1 saturated carbocycles. The molecule has 6 nitrogen and oxygen atoms in total. The molecule has 0 spiro atoms. The van der Waals surface area contributed by atoms with Crippen LogP contribution in [-0.2, 0) is 12.0 Å². The Kier molecular flexibility index (Phi) is 8.50. The highest BCUT2D eigenvalue weighted by atomic mass is 32.2. The minimum atomic E-state index is -0.0770. The Hall–Kier alpha value is -2.38. The summed E-state index contributed by atoms with van der Waals surface area (Å²) in [6.45, 7) is 6.27. The Labute approximate surface area is 214 Å². The predicted octanol–water partition coefficient (Wildman–Crippen LogP) is 5.37. The molecule has 0 aromatic heterocycles. The van der Waals surface area contributed by atoms with Gasteiger partial charge in [-0.1, -0.05) is 50.2 Å². The van der Waals surface area contributed by atoms with Crippen LogP contribution in [0.3, 0.4) is 0 Å². The SMILES string of the molecule is COc1ccc(C23CCC(NC(=O)NSCC(C)C)CC2N(Cc2ccccc2)CC3)cc1OC. The average Bonchev–Trinajstić information content (AvgIpc) is 3.22. The van der Waals surface area contributed by atoms with Crippen LogP contribution in [0.1, 0.15) is 50.7 Å². The van der Waals surface area contributed by atoms with Crippen LogP contribution in [0, 0.1) is 5.92 Å². The number of rotatable bonds is 9. The standard InChI is InChI=1S/C28H39N3O3S/c1-20(2)19-35-30-27(32)29-23-12-13-28(22-10-11-24(33-3)25(16-22)34-4)14-15-31(26(28)17-23)18-21-8-6-5-7-9-21/h5-11,16,20,23,26H,12-15,17-19H2,1-4H3,(H2,29,30,32). The quantitative estimate of drug-likeness (QED) is 0.456. The number of urea groups is 1. The molecule has 3 atom stereocenters. The molecular weight excluding hydrogens is 458 g/mol. The summed E-state index contributed by atoms with van der Waals surface area (Å²) in [6.07, 6.45) is 4.03. The van der Waals surface area contributed by atoms with Crippen LogP contribution >= 0.6 is 11.9 Å². The van der Waals surface area contributed by atoms with Crippen LogP contribution in [0.2, 0.25) is 0 Å². The van der Waals surface area contributed by atoms with E-state index in [1.54, 1.807) is 14.2 Å². The maximum Gasteiger partial charge on any atom is 0.324 e. The first-order chi connectivity index (χ1) is 16.9. The number of amides is 2. The first-order valence-electron chi connectivity index (χ1n) is 12.6. The predicted molar refractivity (Wildman–Crippen MR) is 143 cm³/mol. The molecule has 0 bridgehead atoms. The van der Waals surface area contributed by atoms with Gasteiger partial charge in [0.05, 0.1) is 14.2 Å². The molecule has 2 aliphatic rings. The van der Waals surface area contributed by atoms with Crippen molar-refractivity contribution in [1.29, 1.82) is 0 Å². The largest absolute Gasteiger partial charge is 0.493 e. The van der Waals surface area contributed by atoms with Crippen molar-refractivity contribution in [2.45, 2.75) is 63.6 Å². The summed E-state index contributed by atoms with van der Waals surface area (Å²) in [7, 11) is 3.38. The fourth-order valence-corrected chi connectivity index (χ4v) is 6.36. The van der Waals surface area contributed by atoms with Gasteiger partial charge in [0, 0.05) is 29.8 Å². The topological polar surface area (TPSA) is 62.8 Å². The molecule has 2 aromatic rings. The molecule has 1 saturated heterocycles. The molecule has 7 heteroatoms. The van der Waals surface area contributed by atoms with Crippen LogP contribution < -0.4 is 19.5 Å². The van der Waals surface area contributed by atoms with Gasteiger partial charge in [0.1, 0.15) is 0 Å². The summed E-state index contributed by atoms with van der Waals surface area (Å²) in [5.41, 5.74) is 2.68. The monoisotopic (exact) mass is 497 g/mol. The molecule has 190 valence electrons. The highest BCUT2D eigenvalue weighted by Crippen LogP contribution is 2.50. The second-order valence-electron chi connectivity index (χ2n) is 10.2. The molecule has 2 N–H and O–H groups in total. The molecule has 1 aliphatic heterocycles. The van der Waals surface area contributed by atoms with Crippen molar-refractivity contribution in [3.05, 3.63) is 59.7 Å². The molecular formula is C28H39N3O3S. The zero-order chi connectivity index (χ0) is 24.8.